The Hall–Kier alpha value is -3.42. The summed E-state index contributed by atoms with van der Waals surface area (Å²) in [5, 5.41) is 2.95. The first-order valence-electron chi connectivity index (χ1n) is 11.6. The summed E-state index contributed by atoms with van der Waals surface area (Å²) >= 11 is 0. The minimum atomic E-state index is -0.271. The van der Waals surface area contributed by atoms with E-state index in [1.807, 2.05) is 42.5 Å². The summed E-state index contributed by atoms with van der Waals surface area (Å²) in [6, 6.07) is 13.4. The van der Waals surface area contributed by atoms with Crippen molar-refractivity contribution >= 4 is 29.2 Å². The molecule has 0 saturated carbocycles. The molecule has 4 rings (SSSR count). The van der Waals surface area contributed by atoms with Gasteiger partial charge in [-0.25, -0.2) is 4.98 Å². The Morgan fingerprint density at radius 1 is 0.970 bits per heavy atom. The van der Waals surface area contributed by atoms with Crippen LogP contribution >= 0.6 is 0 Å². The predicted octanol–water partition coefficient (Wildman–Crippen LogP) is 2.20. The molecule has 1 aromatic carbocycles. The van der Waals surface area contributed by atoms with E-state index in [9.17, 15) is 14.4 Å². The van der Waals surface area contributed by atoms with Crippen LogP contribution < -0.4 is 16.0 Å². The molecule has 2 aliphatic rings. The molecule has 8 heteroatoms. The third kappa shape index (κ3) is 5.88. The maximum absolute atomic E-state index is 12.9. The molecule has 3 heterocycles. The van der Waals surface area contributed by atoms with E-state index in [2.05, 4.69) is 15.2 Å². The first-order valence-corrected chi connectivity index (χ1v) is 11.6. The number of hydrogen-bond donors (Lipinski definition) is 2. The number of nitrogens with zero attached hydrogens (tertiary/aromatic N) is 3. The fourth-order valence-corrected chi connectivity index (χ4v) is 4.61. The van der Waals surface area contributed by atoms with Gasteiger partial charge in [-0.05, 0) is 43.4 Å². The zero-order chi connectivity index (χ0) is 23.2. The highest BCUT2D eigenvalue weighted by atomic mass is 16.2. The molecule has 1 aromatic heterocycles. The van der Waals surface area contributed by atoms with Crippen molar-refractivity contribution < 1.29 is 14.4 Å². The Labute approximate surface area is 194 Å². The number of aromatic nitrogens is 1. The lowest BCUT2D eigenvalue weighted by Gasteiger charge is -2.32. The molecule has 2 atom stereocenters. The first kappa shape index (κ1) is 22.8. The lowest BCUT2D eigenvalue weighted by atomic mass is 9.96. The van der Waals surface area contributed by atoms with Crippen molar-refractivity contribution in [1.82, 2.24) is 9.88 Å². The number of anilines is 2. The van der Waals surface area contributed by atoms with E-state index >= 15 is 0 Å². The number of carbonyl (C=O) groups is 3. The molecule has 3 amide bonds. The second-order valence-corrected chi connectivity index (χ2v) is 8.92. The van der Waals surface area contributed by atoms with Crippen molar-refractivity contribution in [2.45, 2.75) is 32.1 Å². The van der Waals surface area contributed by atoms with Gasteiger partial charge in [0.05, 0.1) is 30.1 Å². The number of piperidine rings is 2. The highest BCUT2D eigenvalue weighted by molar-refractivity contribution is 5.93. The number of likely N-dealkylation sites (tertiary alicyclic amines) is 1. The number of rotatable bonds is 6. The average molecular weight is 450 g/mol. The summed E-state index contributed by atoms with van der Waals surface area (Å²) in [6.45, 7) is 2.53. The van der Waals surface area contributed by atoms with Gasteiger partial charge in [0.2, 0.25) is 17.7 Å². The molecule has 0 aliphatic carbocycles. The second-order valence-electron chi connectivity index (χ2n) is 8.92. The van der Waals surface area contributed by atoms with Crippen molar-refractivity contribution in [3.8, 4) is 0 Å². The van der Waals surface area contributed by atoms with Crippen LogP contribution in [0.15, 0.2) is 48.7 Å². The van der Waals surface area contributed by atoms with E-state index in [0.717, 1.165) is 43.6 Å². The van der Waals surface area contributed by atoms with Crippen molar-refractivity contribution in [3.63, 3.8) is 0 Å². The zero-order valence-electron chi connectivity index (χ0n) is 18.8. The largest absolute Gasteiger partial charge is 0.369 e. The fraction of sp³-hybridized carbons (Fsp3) is 0.440. The van der Waals surface area contributed by atoms with Crippen molar-refractivity contribution in [3.05, 3.63) is 54.2 Å². The number of pyridine rings is 1. The molecule has 0 radical (unpaired) electrons. The van der Waals surface area contributed by atoms with Crippen LogP contribution in [0, 0.1) is 11.8 Å². The number of hydrogen-bond acceptors (Lipinski definition) is 5. The topological polar surface area (TPSA) is 109 Å². The molecule has 33 heavy (non-hydrogen) atoms. The standard InChI is InChI=1S/C25H31N5O3/c26-24(32)19-8-4-12-29(16-19)22-11-10-21(15-27-22)28-25(33)20-9-5-13-30(17-20)23(31)14-18-6-2-1-3-7-18/h1-3,6-7,10-11,15,19-20H,4-5,8-9,12-14,16-17H2,(H2,26,32)(H,28,33). The lowest BCUT2D eigenvalue weighted by Crippen LogP contribution is -2.44. The molecule has 2 fully saturated rings. The number of nitrogens with one attached hydrogen (secondary N) is 1. The number of nitrogens with two attached hydrogens (primary N) is 1. The van der Waals surface area contributed by atoms with Crippen LogP contribution in [0.3, 0.4) is 0 Å². The maximum Gasteiger partial charge on any atom is 0.229 e. The predicted molar refractivity (Wildman–Crippen MR) is 126 cm³/mol. The summed E-state index contributed by atoms with van der Waals surface area (Å²) < 4.78 is 0. The fourth-order valence-electron chi connectivity index (χ4n) is 4.61. The average Bonchev–Trinajstić information content (AvgIpc) is 2.85. The number of primary amides is 1. The van der Waals surface area contributed by atoms with E-state index in [1.165, 1.54) is 0 Å². The second kappa shape index (κ2) is 10.5. The van der Waals surface area contributed by atoms with Gasteiger partial charge in [0, 0.05) is 26.2 Å². The molecule has 2 aromatic rings. The van der Waals surface area contributed by atoms with Gasteiger partial charge in [0.15, 0.2) is 0 Å². The molecule has 0 spiro atoms. The van der Waals surface area contributed by atoms with Gasteiger partial charge in [-0.2, -0.15) is 0 Å². The van der Waals surface area contributed by atoms with Crippen molar-refractivity contribution in [2.75, 3.05) is 36.4 Å². The Bertz CT molecular complexity index is 979. The van der Waals surface area contributed by atoms with Crippen molar-refractivity contribution in [2.24, 2.45) is 17.6 Å². The Morgan fingerprint density at radius 3 is 2.45 bits per heavy atom. The summed E-state index contributed by atoms with van der Waals surface area (Å²) in [5.41, 5.74) is 7.07. The Kier molecular flexibility index (Phi) is 7.22. The van der Waals surface area contributed by atoms with Crippen LogP contribution in [0.1, 0.15) is 31.2 Å². The van der Waals surface area contributed by atoms with Gasteiger partial charge in [-0.15, -0.1) is 0 Å². The summed E-state index contributed by atoms with van der Waals surface area (Å²) in [7, 11) is 0. The SMILES string of the molecule is NC(=O)C1CCCN(c2ccc(NC(=O)C3CCCN(C(=O)Cc4ccccc4)C3)cn2)C1. The van der Waals surface area contributed by atoms with E-state index in [4.69, 9.17) is 5.73 Å². The van der Waals surface area contributed by atoms with Crippen LogP contribution in [-0.2, 0) is 20.8 Å². The van der Waals surface area contributed by atoms with Gasteiger partial charge < -0.3 is 20.9 Å². The van der Waals surface area contributed by atoms with E-state index in [-0.39, 0.29) is 29.6 Å². The summed E-state index contributed by atoms with van der Waals surface area (Å²) in [4.78, 5) is 45.4. The molecule has 2 saturated heterocycles. The van der Waals surface area contributed by atoms with E-state index < -0.39 is 0 Å². The lowest BCUT2D eigenvalue weighted by molar-refractivity contribution is -0.134. The monoisotopic (exact) mass is 449 g/mol. The third-order valence-electron chi connectivity index (χ3n) is 6.51. The molecule has 3 N–H and O–H groups in total. The quantitative estimate of drug-likeness (QED) is 0.703. The van der Waals surface area contributed by atoms with Gasteiger partial charge >= 0.3 is 0 Å². The van der Waals surface area contributed by atoms with Crippen LogP contribution in [0.5, 0.6) is 0 Å². The highest BCUT2D eigenvalue weighted by Crippen LogP contribution is 2.23. The molecule has 2 aliphatic heterocycles. The van der Waals surface area contributed by atoms with Gasteiger partial charge in [-0.1, -0.05) is 30.3 Å². The van der Waals surface area contributed by atoms with Crippen LogP contribution in [0.2, 0.25) is 0 Å². The molecule has 0 bridgehead atoms. The molecule has 174 valence electrons. The van der Waals surface area contributed by atoms with E-state index in [1.54, 1.807) is 11.1 Å². The number of benzene rings is 1. The minimum absolute atomic E-state index is 0.0560. The normalized spacial score (nSPS) is 20.8. The summed E-state index contributed by atoms with van der Waals surface area (Å²) in [6.07, 6.45) is 5.28. The minimum Gasteiger partial charge on any atom is -0.369 e. The number of carbonyl (C=O) groups excluding carboxylic acids is 3. The summed E-state index contributed by atoms with van der Waals surface area (Å²) in [5.74, 6) is 0.0750. The smallest absolute Gasteiger partial charge is 0.229 e. The van der Waals surface area contributed by atoms with Crippen molar-refractivity contribution in [1.29, 1.82) is 0 Å². The van der Waals surface area contributed by atoms with E-state index in [0.29, 0.717) is 31.7 Å². The van der Waals surface area contributed by atoms with Crippen LogP contribution in [0.25, 0.3) is 0 Å². The maximum atomic E-state index is 12.9. The van der Waals surface area contributed by atoms with Crippen LogP contribution in [0.4, 0.5) is 11.5 Å². The zero-order valence-corrected chi connectivity index (χ0v) is 18.8. The number of amides is 3. The van der Waals surface area contributed by atoms with Gasteiger partial charge in [0.25, 0.3) is 0 Å². The highest BCUT2D eigenvalue weighted by Gasteiger charge is 2.29. The van der Waals surface area contributed by atoms with Gasteiger partial charge in [0.1, 0.15) is 5.82 Å². The molecule has 8 nitrogen and oxygen atoms in total. The van der Waals surface area contributed by atoms with Gasteiger partial charge in [-0.3, -0.25) is 14.4 Å². The van der Waals surface area contributed by atoms with Crippen LogP contribution in [-0.4, -0.2) is 53.8 Å². The Balaban J connectivity index is 1.31. The molecular formula is C25H31N5O3. The molecular weight excluding hydrogens is 418 g/mol. The first-order chi connectivity index (χ1) is 16.0. The Morgan fingerprint density at radius 2 is 1.73 bits per heavy atom. The third-order valence-corrected chi connectivity index (χ3v) is 6.51. The molecule has 2 unspecified atom stereocenters.